The molecule has 1 rings (SSSR count). The number of hydrogen-bond acceptors (Lipinski definition) is 4. The summed E-state index contributed by atoms with van der Waals surface area (Å²) in [4.78, 5) is 9.58. The Bertz CT molecular complexity index is 465. The van der Waals surface area contributed by atoms with Crippen molar-refractivity contribution in [3.8, 4) is 0 Å². The van der Waals surface area contributed by atoms with Crippen LogP contribution in [0.15, 0.2) is 23.1 Å². The quantitative estimate of drug-likeness (QED) is 0.513. The van der Waals surface area contributed by atoms with E-state index in [-0.39, 0.29) is 16.8 Å². The minimum absolute atomic E-state index is 0.0703. The fourth-order valence-corrected chi connectivity index (χ4v) is 2.52. The third-order valence-electron chi connectivity index (χ3n) is 2.34. The fraction of sp³-hybridized carbons (Fsp3) is 0.455. The minimum Gasteiger partial charge on any atom is -0.396 e. The maximum absolute atomic E-state index is 12.8. The van der Waals surface area contributed by atoms with Gasteiger partial charge in [0.1, 0.15) is 0 Å². The number of aliphatic hydroxyl groups is 1. The van der Waals surface area contributed by atoms with Crippen LogP contribution in [0, 0.1) is 10.1 Å². The molecular formula is C11H12F3NO3S. The molecule has 0 bridgehead atoms. The van der Waals surface area contributed by atoms with Crippen LogP contribution in [0.25, 0.3) is 0 Å². The van der Waals surface area contributed by atoms with Crippen LogP contribution in [0.4, 0.5) is 18.9 Å². The normalized spacial score (nSPS) is 13.3. The molecule has 1 atom stereocenters. The zero-order valence-corrected chi connectivity index (χ0v) is 10.8. The summed E-state index contributed by atoms with van der Waals surface area (Å²) in [6, 6.07) is 2.68. The number of non-ortho nitro benzene ring substituents is 1. The van der Waals surface area contributed by atoms with Gasteiger partial charge in [-0.1, -0.05) is 6.92 Å². The number of nitrogens with zero attached hydrogens (tertiary/aromatic N) is 1. The summed E-state index contributed by atoms with van der Waals surface area (Å²) >= 11 is 0.939. The predicted octanol–water partition coefficient (Wildman–Crippen LogP) is 3.48. The molecule has 0 fully saturated rings. The van der Waals surface area contributed by atoms with Crippen molar-refractivity contribution < 1.29 is 23.2 Å². The number of benzene rings is 1. The van der Waals surface area contributed by atoms with Crippen LogP contribution in [-0.4, -0.2) is 21.9 Å². The third-order valence-corrected chi connectivity index (χ3v) is 3.59. The molecule has 0 heterocycles. The Morgan fingerprint density at radius 3 is 2.58 bits per heavy atom. The first kappa shape index (κ1) is 15.8. The Morgan fingerprint density at radius 2 is 2.11 bits per heavy atom. The van der Waals surface area contributed by atoms with E-state index in [0.29, 0.717) is 12.5 Å². The van der Waals surface area contributed by atoms with Gasteiger partial charge in [-0.25, -0.2) is 0 Å². The van der Waals surface area contributed by atoms with Gasteiger partial charge >= 0.3 is 6.18 Å². The Labute approximate surface area is 111 Å². The van der Waals surface area contributed by atoms with Crippen molar-refractivity contribution in [3.05, 3.63) is 33.9 Å². The largest absolute Gasteiger partial charge is 0.417 e. The summed E-state index contributed by atoms with van der Waals surface area (Å²) in [5, 5.41) is 19.0. The molecule has 106 valence electrons. The molecule has 0 saturated heterocycles. The molecule has 0 aliphatic heterocycles. The summed E-state index contributed by atoms with van der Waals surface area (Å²) in [6.45, 7) is 1.56. The van der Waals surface area contributed by atoms with E-state index in [1.165, 1.54) is 0 Å². The van der Waals surface area contributed by atoms with E-state index in [2.05, 4.69) is 0 Å². The van der Waals surface area contributed by atoms with Gasteiger partial charge < -0.3 is 5.11 Å². The number of thioether (sulfide) groups is 1. The molecule has 1 aromatic rings. The Balaban J connectivity index is 3.13. The van der Waals surface area contributed by atoms with E-state index < -0.39 is 22.4 Å². The van der Waals surface area contributed by atoms with E-state index in [1.54, 1.807) is 6.92 Å². The average Bonchev–Trinajstić information content (AvgIpc) is 2.27. The van der Waals surface area contributed by atoms with Crippen LogP contribution >= 0.6 is 11.8 Å². The van der Waals surface area contributed by atoms with Crippen molar-refractivity contribution in [1.29, 1.82) is 0 Å². The number of nitro benzene ring substituents is 1. The molecule has 0 aliphatic rings. The molecular weight excluding hydrogens is 283 g/mol. The van der Waals surface area contributed by atoms with E-state index >= 15 is 0 Å². The second kappa shape index (κ2) is 6.25. The molecule has 19 heavy (non-hydrogen) atoms. The number of rotatable bonds is 5. The second-order valence-electron chi connectivity index (χ2n) is 3.88. The number of nitro groups is 1. The van der Waals surface area contributed by atoms with E-state index in [4.69, 9.17) is 5.11 Å². The van der Waals surface area contributed by atoms with E-state index in [1.807, 2.05) is 0 Å². The summed E-state index contributed by atoms with van der Waals surface area (Å²) in [7, 11) is 0. The summed E-state index contributed by atoms with van der Waals surface area (Å²) in [6.07, 6.45) is -4.30. The molecule has 8 heteroatoms. The number of alkyl halides is 3. The summed E-state index contributed by atoms with van der Waals surface area (Å²) in [5.41, 5.74) is -1.61. The molecule has 0 radical (unpaired) electrons. The molecule has 0 saturated carbocycles. The van der Waals surface area contributed by atoms with Gasteiger partial charge in [-0.3, -0.25) is 10.1 Å². The SMILES string of the molecule is CC(CCO)Sc1ccc([N+](=O)[O-])cc1C(F)(F)F. The highest BCUT2D eigenvalue weighted by Gasteiger charge is 2.35. The zero-order chi connectivity index (χ0) is 14.6. The molecule has 0 spiro atoms. The molecule has 1 unspecified atom stereocenters. The van der Waals surface area contributed by atoms with Gasteiger partial charge in [0.2, 0.25) is 0 Å². The highest BCUT2D eigenvalue weighted by molar-refractivity contribution is 8.00. The van der Waals surface area contributed by atoms with Crippen LogP contribution in [0.2, 0.25) is 0 Å². The van der Waals surface area contributed by atoms with Crippen LogP contribution in [-0.2, 0) is 6.18 Å². The van der Waals surface area contributed by atoms with Gasteiger partial charge in [0.05, 0.1) is 10.5 Å². The minimum atomic E-state index is -4.65. The van der Waals surface area contributed by atoms with Crippen molar-refractivity contribution in [2.24, 2.45) is 0 Å². The Hall–Kier alpha value is -1.28. The third kappa shape index (κ3) is 4.39. The van der Waals surface area contributed by atoms with Gasteiger partial charge in [-0.05, 0) is 12.5 Å². The van der Waals surface area contributed by atoms with Gasteiger partial charge in [0, 0.05) is 28.9 Å². The maximum atomic E-state index is 12.8. The standard InChI is InChI=1S/C11H12F3NO3S/c1-7(4-5-16)19-10-3-2-8(15(17)18)6-9(10)11(12,13)14/h2-3,6-7,16H,4-5H2,1H3. The van der Waals surface area contributed by atoms with Gasteiger partial charge in [0.25, 0.3) is 5.69 Å². The van der Waals surface area contributed by atoms with Gasteiger partial charge in [-0.15, -0.1) is 11.8 Å². The monoisotopic (exact) mass is 295 g/mol. The highest BCUT2D eigenvalue weighted by atomic mass is 32.2. The van der Waals surface area contributed by atoms with Gasteiger partial charge in [-0.2, -0.15) is 13.2 Å². The van der Waals surface area contributed by atoms with Crippen LogP contribution in [0.1, 0.15) is 18.9 Å². The average molecular weight is 295 g/mol. The summed E-state index contributed by atoms with van der Waals surface area (Å²) < 4.78 is 38.5. The number of halogens is 3. The van der Waals surface area contributed by atoms with Crippen LogP contribution in [0.5, 0.6) is 0 Å². The fourth-order valence-electron chi connectivity index (χ4n) is 1.41. The van der Waals surface area contributed by atoms with E-state index in [0.717, 1.165) is 23.9 Å². The van der Waals surface area contributed by atoms with Crippen molar-refractivity contribution in [2.75, 3.05) is 6.61 Å². The molecule has 0 aliphatic carbocycles. The predicted molar refractivity (Wildman–Crippen MR) is 65.1 cm³/mol. The van der Waals surface area contributed by atoms with Crippen molar-refractivity contribution in [1.82, 2.24) is 0 Å². The number of aliphatic hydroxyl groups excluding tert-OH is 1. The molecule has 1 aromatic carbocycles. The lowest BCUT2D eigenvalue weighted by molar-refractivity contribution is -0.385. The van der Waals surface area contributed by atoms with Crippen LogP contribution < -0.4 is 0 Å². The van der Waals surface area contributed by atoms with Gasteiger partial charge in [0.15, 0.2) is 0 Å². The first-order chi connectivity index (χ1) is 8.75. The molecule has 0 aromatic heterocycles. The molecule has 4 nitrogen and oxygen atoms in total. The van der Waals surface area contributed by atoms with Crippen LogP contribution in [0.3, 0.4) is 0 Å². The lowest BCUT2D eigenvalue weighted by Crippen LogP contribution is -2.09. The summed E-state index contributed by atoms with van der Waals surface area (Å²) in [5.74, 6) is 0. The van der Waals surface area contributed by atoms with E-state index in [9.17, 15) is 23.3 Å². The van der Waals surface area contributed by atoms with Crippen molar-refractivity contribution >= 4 is 17.4 Å². The number of hydrogen-bond donors (Lipinski definition) is 1. The lowest BCUT2D eigenvalue weighted by atomic mass is 10.2. The lowest BCUT2D eigenvalue weighted by Gasteiger charge is -2.15. The Morgan fingerprint density at radius 1 is 1.47 bits per heavy atom. The smallest absolute Gasteiger partial charge is 0.396 e. The topological polar surface area (TPSA) is 63.4 Å². The van der Waals surface area contributed by atoms with Crippen molar-refractivity contribution in [2.45, 2.75) is 29.7 Å². The second-order valence-corrected chi connectivity index (χ2v) is 5.36. The first-order valence-electron chi connectivity index (χ1n) is 5.39. The molecule has 0 amide bonds. The maximum Gasteiger partial charge on any atom is 0.417 e. The first-order valence-corrected chi connectivity index (χ1v) is 6.27. The van der Waals surface area contributed by atoms with Crippen molar-refractivity contribution in [3.63, 3.8) is 0 Å². The Kier molecular flexibility index (Phi) is 5.19. The molecule has 1 N–H and O–H groups in total. The highest BCUT2D eigenvalue weighted by Crippen LogP contribution is 2.40. The zero-order valence-electron chi connectivity index (χ0n) is 9.98.